The molecule has 152 valence electrons. The van der Waals surface area contributed by atoms with Crippen LogP contribution in [-0.4, -0.2) is 48.6 Å². The lowest BCUT2D eigenvalue weighted by Crippen LogP contribution is -2.48. The molecule has 0 aromatic carbocycles. The predicted molar refractivity (Wildman–Crippen MR) is 115 cm³/mol. The summed E-state index contributed by atoms with van der Waals surface area (Å²) >= 11 is 1.75. The van der Waals surface area contributed by atoms with E-state index in [0.29, 0.717) is 6.04 Å². The minimum Gasteiger partial charge on any atom is -0.356 e. The van der Waals surface area contributed by atoms with E-state index in [4.69, 9.17) is 0 Å². The van der Waals surface area contributed by atoms with Crippen LogP contribution in [0.15, 0.2) is 10.4 Å². The number of hydrogen-bond acceptors (Lipinski definition) is 4. The normalized spacial score (nSPS) is 28.3. The van der Waals surface area contributed by atoms with Crippen molar-refractivity contribution >= 4 is 17.3 Å². The summed E-state index contributed by atoms with van der Waals surface area (Å²) in [5.74, 6) is 3.35. The van der Waals surface area contributed by atoms with Gasteiger partial charge in [-0.3, -0.25) is 9.89 Å². The zero-order valence-corrected chi connectivity index (χ0v) is 18.3. The molecule has 6 heteroatoms. The van der Waals surface area contributed by atoms with Crippen LogP contribution < -0.4 is 10.6 Å². The maximum atomic E-state index is 4.60. The number of thiazole rings is 1. The molecule has 0 spiro atoms. The standard InChI is InChI=1S/C21H37N5S/c1-15-9-16(2)11-19(10-15)25-21(22-4)23-12-18-5-7-26(8-6-18)13-20-14-27-17(3)24-20/h14-16,18-19H,5-13H2,1-4H3,(H2,22,23,25). The number of aromatic nitrogens is 1. The number of aliphatic imine (C=N–C) groups is 1. The van der Waals surface area contributed by atoms with Gasteiger partial charge in [0.1, 0.15) is 0 Å². The number of piperidine rings is 1. The highest BCUT2D eigenvalue weighted by Crippen LogP contribution is 2.28. The van der Waals surface area contributed by atoms with E-state index in [1.54, 1.807) is 11.3 Å². The second-order valence-corrected chi connectivity index (χ2v) is 9.85. The minimum atomic E-state index is 0.568. The van der Waals surface area contributed by atoms with Gasteiger partial charge >= 0.3 is 0 Å². The molecule has 2 aliphatic rings. The molecular weight excluding hydrogens is 354 g/mol. The fraction of sp³-hybridized carbons (Fsp3) is 0.810. The van der Waals surface area contributed by atoms with E-state index in [1.807, 2.05) is 7.05 Å². The molecule has 1 saturated carbocycles. The Hall–Kier alpha value is -1.14. The molecule has 1 aromatic rings. The second kappa shape index (κ2) is 9.87. The summed E-state index contributed by atoms with van der Waals surface area (Å²) in [5, 5.41) is 10.6. The third-order valence-electron chi connectivity index (χ3n) is 6.06. The first-order valence-corrected chi connectivity index (χ1v) is 11.5. The number of nitrogens with one attached hydrogen (secondary N) is 2. The van der Waals surface area contributed by atoms with Crippen LogP contribution in [0.3, 0.4) is 0 Å². The molecule has 0 radical (unpaired) electrons. The van der Waals surface area contributed by atoms with Crippen molar-refractivity contribution in [1.82, 2.24) is 20.5 Å². The molecule has 2 heterocycles. The Kier molecular flexibility index (Phi) is 7.53. The van der Waals surface area contributed by atoms with Gasteiger partial charge in [0.15, 0.2) is 5.96 Å². The largest absolute Gasteiger partial charge is 0.356 e. The molecule has 2 atom stereocenters. The van der Waals surface area contributed by atoms with Gasteiger partial charge in [-0.1, -0.05) is 13.8 Å². The molecule has 2 fully saturated rings. The van der Waals surface area contributed by atoms with E-state index in [-0.39, 0.29) is 0 Å². The zero-order valence-electron chi connectivity index (χ0n) is 17.5. The summed E-state index contributed by atoms with van der Waals surface area (Å²) in [5.41, 5.74) is 1.23. The average Bonchev–Trinajstić information content (AvgIpc) is 3.04. The Morgan fingerprint density at radius 3 is 2.52 bits per heavy atom. The zero-order chi connectivity index (χ0) is 19.2. The van der Waals surface area contributed by atoms with Gasteiger partial charge in [0.25, 0.3) is 0 Å². The molecule has 27 heavy (non-hydrogen) atoms. The third kappa shape index (κ3) is 6.46. The summed E-state index contributed by atoms with van der Waals surface area (Å²) in [6.45, 7) is 11.2. The number of aryl methyl sites for hydroxylation is 1. The average molecular weight is 392 g/mol. The van der Waals surface area contributed by atoms with Crippen LogP contribution in [0.2, 0.25) is 0 Å². The van der Waals surface area contributed by atoms with Gasteiger partial charge in [-0.15, -0.1) is 11.3 Å². The SMILES string of the molecule is CN=C(NCC1CCN(Cc2csc(C)n2)CC1)NC1CC(C)CC(C)C1. The Morgan fingerprint density at radius 2 is 1.93 bits per heavy atom. The van der Waals surface area contributed by atoms with Crippen molar-refractivity contribution in [2.24, 2.45) is 22.7 Å². The van der Waals surface area contributed by atoms with Crippen molar-refractivity contribution in [2.45, 2.75) is 65.5 Å². The minimum absolute atomic E-state index is 0.568. The van der Waals surface area contributed by atoms with Crippen LogP contribution in [0, 0.1) is 24.7 Å². The van der Waals surface area contributed by atoms with Crippen molar-refractivity contribution in [3.05, 3.63) is 16.1 Å². The highest BCUT2D eigenvalue weighted by molar-refractivity contribution is 7.09. The molecule has 0 bridgehead atoms. The van der Waals surface area contributed by atoms with Gasteiger partial charge in [0, 0.05) is 31.6 Å². The molecule has 1 saturated heterocycles. The van der Waals surface area contributed by atoms with Crippen molar-refractivity contribution in [1.29, 1.82) is 0 Å². The van der Waals surface area contributed by atoms with Gasteiger partial charge in [0.05, 0.1) is 10.7 Å². The second-order valence-electron chi connectivity index (χ2n) is 8.79. The number of nitrogens with zero attached hydrogens (tertiary/aromatic N) is 3. The lowest BCUT2D eigenvalue weighted by molar-refractivity contribution is 0.176. The highest BCUT2D eigenvalue weighted by atomic mass is 32.1. The molecule has 5 nitrogen and oxygen atoms in total. The van der Waals surface area contributed by atoms with Gasteiger partial charge < -0.3 is 10.6 Å². The quantitative estimate of drug-likeness (QED) is 0.594. The van der Waals surface area contributed by atoms with E-state index in [2.05, 4.69) is 51.7 Å². The summed E-state index contributed by atoms with van der Waals surface area (Å²) in [6, 6.07) is 0.568. The van der Waals surface area contributed by atoms with E-state index in [1.165, 1.54) is 55.9 Å². The van der Waals surface area contributed by atoms with E-state index >= 15 is 0 Å². The number of hydrogen-bond donors (Lipinski definition) is 2. The summed E-state index contributed by atoms with van der Waals surface area (Å²) in [7, 11) is 1.89. The van der Waals surface area contributed by atoms with Gasteiger partial charge in [-0.2, -0.15) is 0 Å². The molecular formula is C21H37N5S. The first-order chi connectivity index (χ1) is 13.0. The summed E-state index contributed by atoms with van der Waals surface area (Å²) in [4.78, 5) is 11.6. The molecule has 1 aliphatic carbocycles. The molecule has 2 unspecified atom stereocenters. The maximum absolute atomic E-state index is 4.60. The Balaban J connectivity index is 1.37. The van der Waals surface area contributed by atoms with Gasteiger partial charge in [-0.25, -0.2) is 4.98 Å². The fourth-order valence-electron chi connectivity index (χ4n) is 4.75. The van der Waals surface area contributed by atoms with Crippen LogP contribution in [0.5, 0.6) is 0 Å². The summed E-state index contributed by atoms with van der Waals surface area (Å²) in [6.07, 6.45) is 6.40. The van der Waals surface area contributed by atoms with Crippen molar-refractivity contribution < 1.29 is 0 Å². The van der Waals surface area contributed by atoms with Crippen LogP contribution in [0.25, 0.3) is 0 Å². The molecule has 2 N–H and O–H groups in total. The Labute approximate surface area is 169 Å². The Bertz CT molecular complexity index is 595. The molecule has 1 aromatic heterocycles. The predicted octanol–water partition coefficient (Wildman–Crippen LogP) is 3.65. The smallest absolute Gasteiger partial charge is 0.191 e. The van der Waals surface area contributed by atoms with Gasteiger partial charge in [-0.05, 0) is 69.9 Å². The van der Waals surface area contributed by atoms with Gasteiger partial charge in [0.2, 0.25) is 0 Å². The molecule has 3 rings (SSSR count). The van der Waals surface area contributed by atoms with E-state index in [0.717, 1.165) is 36.8 Å². The lowest BCUT2D eigenvalue weighted by atomic mass is 9.80. The lowest BCUT2D eigenvalue weighted by Gasteiger charge is -2.34. The highest BCUT2D eigenvalue weighted by Gasteiger charge is 2.25. The van der Waals surface area contributed by atoms with Crippen LogP contribution in [0.1, 0.15) is 56.7 Å². The number of rotatable bonds is 5. The topological polar surface area (TPSA) is 52.6 Å². The van der Waals surface area contributed by atoms with Crippen molar-refractivity contribution in [2.75, 3.05) is 26.7 Å². The van der Waals surface area contributed by atoms with Crippen LogP contribution >= 0.6 is 11.3 Å². The maximum Gasteiger partial charge on any atom is 0.191 e. The van der Waals surface area contributed by atoms with E-state index < -0.39 is 0 Å². The van der Waals surface area contributed by atoms with Crippen molar-refractivity contribution in [3.8, 4) is 0 Å². The van der Waals surface area contributed by atoms with Crippen LogP contribution in [0.4, 0.5) is 0 Å². The number of guanidine groups is 1. The van der Waals surface area contributed by atoms with E-state index in [9.17, 15) is 0 Å². The first-order valence-electron chi connectivity index (χ1n) is 10.6. The fourth-order valence-corrected chi connectivity index (χ4v) is 5.36. The Morgan fingerprint density at radius 1 is 1.22 bits per heavy atom. The van der Waals surface area contributed by atoms with Crippen LogP contribution in [-0.2, 0) is 6.54 Å². The number of likely N-dealkylation sites (tertiary alicyclic amines) is 1. The summed E-state index contributed by atoms with van der Waals surface area (Å²) < 4.78 is 0. The third-order valence-corrected chi connectivity index (χ3v) is 6.88. The first kappa shape index (κ1) is 20.6. The molecule has 0 amide bonds. The monoisotopic (exact) mass is 391 g/mol. The molecule has 1 aliphatic heterocycles. The van der Waals surface area contributed by atoms with Crippen molar-refractivity contribution in [3.63, 3.8) is 0 Å².